The van der Waals surface area contributed by atoms with E-state index in [1.165, 1.54) is 4.31 Å². The summed E-state index contributed by atoms with van der Waals surface area (Å²) in [6.07, 6.45) is 5.67. The molecule has 0 unspecified atom stereocenters. The average Bonchev–Trinajstić information content (AvgIpc) is 2.74. The first kappa shape index (κ1) is 21.6. The van der Waals surface area contributed by atoms with E-state index in [4.69, 9.17) is 9.47 Å². The van der Waals surface area contributed by atoms with Crippen molar-refractivity contribution in [1.82, 2.24) is 9.29 Å². The van der Waals surface area contributed by atoms with Crippen molar-refractivity contribution in [3.8, 4) is 11.6 Å². The molecule has 0 radical (unpaired) electrons. The number of nitrogens with one attached hydrogen (secondary N) is 1. The molecule has 1 aromatic carbocycles. The summed E-state index contributed by atoms with van der Waals surface area (Å²) in [7, 11) is -1.99. The maximum atomic E-state index is 12.8. The minimum Gasteiger partial charge on any atom is -0.497 e. The van der Waals surface area contributed by atoms with Crippen molar-refractivity contribution < 1.29 is 22.7 Å². The molecule has 8 nitrogen and oxygen atoms in total. The van der Waals surface area contributed by atoms with E-state index in [-0.39, 0.29) is 22.8 Å². The van der Waals surface area contributed by atoms with E-state index in [1.54, 1.807) is 49.7 Å². The highest BCUT2D eigenvalue weighted by atomic mass is 32.2. The molecule has 4 rings (SSSR count). The van der Waals surface area contributed by atoms with Crippen LogP contribution in [0.4, 0.5) is 5.69 Å². The van der Waals surface area contributed by atoms with Crippen LogP contribution in [0.2, 0.25) is 0 Å². The summed E-state index contributed by atoms with van der Waals surface area (Å²) in [5, 5.41) is 2.88. The number of ether oxygens (including phenoxy) is 2. The van der Waals surface area contributed by atoms with Gasteiger partial charge in [0.05, 0.1) is 23.9 Å². The number of hydrogen-bond acceptors (Lipinski definition) is 6. The Morgan fingerprint density at radius 2 is 1.77 bits per heavy atom. The molecule has 166 valence electrons. The molecule has 2 fully saturated rings. The predicted octanol–water partition coefficient (Wildman–Crippen LogP) is 3.06. The summed E-state index contributed by atoms with van der Waals surface area (Å²) < 4.78 is 38.2. The minimum atomic E-state index is -3.54. The van der Waals surface area contributed by atoms with Crippen LogP contribution >= 0.6 is 0 Å². The molecule has 1 amide bonds. The molecule has 0 atom stereocenters. The number of pyridine rings is 1. The van der Waals surface area contributed by atoms with E-state index < -0.39 is 10.0 Å². The molecule has 2 aromatic rings. The fraction of sp³-hybridized carbons (Fsp3) is 0.455. The van der Waals surface area contributed by atoms with E-state index in [0.717, 1.165) is 19.3 Å². The fourth-order valence-corrected chi connectivity index (χ4v) is 5.17. The van der Waals surface area contributed by atoms with Gasteiger partial charge in [0.15, 0.2) is 0 Å². The van der Waals surface area contributed by atoms with Gasteiger partial charge < -0.3 is 14.8 Å². The molecular weight excluding hydrogens is 418 g/mol. The van der Waals surface area contributed by atoms with E-state index in [0.29, 0.717) is 43.2 Å². The quantitative estimate of drug-likeness (QED) is 0.703. The Morgan fingerprint density at radius 3 is 2.32 bits per heavy atom. The maximum Gasteiger partial charge on any atom is 0.243 e. The van der Waals surface area contributed by atoms with Crippen LogP contribution in [0.15, 0.2) is 47.5 Å². The highest BCUT2D eigenvalue weighted by molar-refractivity contribution is 7.89. The molecule has 2 aliphatic rings. The summed E-state index contributed by atoms with van der Waals surface area (Å²) in [6.45, 7) is 0.767. The van der Waals surface area contributed by atoms with Crippen LogP contribution in [-0.2, 0) is 14.8 Å². The van der Waals surface area contributed by atoms with E-state index in [9.17, 15) is 13.2 Å². The average molecular weight is 446 g/mol. The third kappa shape index (κ3) is 4.99. The Balaban J connectivity index is 1.29. The van der Waals surface area contributed by atoms with E-state index in [1.807, 2.05) is 0 Å². The number of anilines is 1. The number of aromatic nitrogens is 1. The van der Waals surface area contributed by atoms with Crippen molar-refractivity contribution in [3.63, 3.8) is 0 Å². The van der Waals surface area contributed by atoms with Crippen molar-refractivity contribution in [2.75, 3.05) is 25.5 Å². The molecule has 2 heterocycles. The first-order valence-electron chi connectivity index (χ1n) is 10.5. The van der Waals surface area contributed by atoms with Crippen LogP contribution in [0.3, 0.4) is 0 Å². The number of methoxy groups -OCH3 is 1. The predicted molar refractivity (Wildman–Crippen MR) is 116 cm³/mol. The van der Waals surface area contributed by atoms with E-state index in [2.05, 4.69) is 10.3 Å². The van der Waals surface area contributed by atoms with Crippen LogP contribution < -0.4 is 14.8 Å². The van der Waals surface area contributed by atoms with Crippen LogP contribution in [-0.4, -0.2) is 49.9 Å². The van der Waals surface area contributed by atoms with Gasteiger partial charge in [-0.2, -0.15) is 4.31 Å². The zero-order chi connectivity index (χ0) is 21.8. The zero-order valence-electron chi connectivity index (χ0n) is 17.5. The largest absolute Gasteiger partial charge is 0.497 e. The Hall–Kier alpha value is -2.65. The lowest BCUT2D eigenvalue weighted by Gasteiger charge is -2.31. The number of carbonyl (C=O) groups is 1. The lowest BCUT2D eigenvalue weighted by atomic mass is 9.85. The Labute approximate surface area is 182 Å². The summed E-state index contributed by atoms with van der Waals surface area (Å²) in [6, 6.07) is 9.93. The van der Waals surface area contributed by atoms with Gasteiger partial charge in [-0.15, -0.1) is 0 Å². The maximum absolute atomic E-state index is 12.8. The zero-order valence-corrected chi connectivity index (χ0v) is 18.3. The second-order valence-corrected chi connectivity index (χ2v) is 9.84. The number of amides is 1. The molecule has 1 aromatic heterocycles. The normalized spacial score (nSPS) is 18.2. The smallest absolute Gasteiger partial charge is 0.243 e. The molecule has 1 N–H and O–H groups in total. The Morgan fingerprint density at radius 1 is 1.06 bits per heavy atom. The number of benzene rings is 1. The van der Waals surface area contributed by atoms with Crippen molar-refractivity contribution in [1.29, 1.82) is 0 Å². The van der Waals surface area contributed by atoms with Crippen molar-refractivity contribution in [2.45, 2.75) is 43.1 Å². The minimum absolute atomic E-state index is 0.0483. The number of hydrogen-bond donors (Lipinski definition) is 1. The van der Waals surface area contributed by atoms with E-state index >= 15 is 0 Å². The number of rotatable bonds is 7. The molecular formula is C22H27N3O5S. The lowest BCUT2D eigenvalue weighted by Crippen LogP contribution is -2.41. The standard InChI is InChI=1S/C22H27N3O5S/c1-29-18-6-8-20(9-7-18)31(27,28)25-13-11-19(12-14-25)30-21-10-5-17(15-23-21)24-22(26)16-3-2-4-16/h5-10,15-16,19H,2-4,11-14H2,1H3,(H,24,26). The van der Waals surface area contributed by atoms with Gasteiger partial charge in [0.1, 0.15) is 11.9 Å². The summed E-state index contributed by atoms with van der Waals surface area (Å²) in [5.41, 5.74) is 0.657. The Kier molecular flexibility index (Phi) is 6.43. The van der Waals surface area contributed by atoms with Gasteiger partial charge in [0.2, 0.25) is 21.8 Å². The van der Waals surface area contributed by atoms with Gasteiger partial charge in [0, 0.05) is 25.1 Å². The number of piperidine rings is 1. The highest BCUT2D eigenvalue weighted by Crippen LogP contribution is 2.28. The van der Waals surface area contributed by atoms with Crippen molar-refractivity contribution in [2.24, 2.45) is 5.92 Å². The molecule has 0 bridgehead atoms. The molecule has 31 heavy (non-hydrogen) atoms. The van der Waals surface area contributed by atoms with Crippen LogP contribution in [0.5, 0.6) is 11.6 Å². The van der Waals surface area contributed by atoms with Gasteiger partial charge in [0.25, 0.3) is 0 Å². The summed E-state index contributed by atoms with van der Waals surface area (Å²) >= 11 is 0. The van der Waals surface area contributed by atoms with Crippen LogP contribution in [0.25, 0.3) is 0 Å². The first-order chi connectivity index (χ1) is 15.0. The fourth-order valence-electron chi connectivity index (χ4n) is 3.70. The highest BCUT2D eigenvalue weighted by Gasteiger charge is 2.30. The molecule has 0 spiro atoms. The number of sulfonamides is 1. The van der Waals surface area contributed by atoms with Crippen LogP contribution in [0.1, 0.15) is 32.1 Å². The van der Waals surface area contributed by atoms with Crippen molar-refractivity contribution in [3.05, 3.63) is 42.6 Å². The van der Waals surface area contributed by atoms with Gasteiger partial charge >= 0.3 is 0 Å². The monoisotopic (exact) mass is 445 g/mol. The van der Waals surface area contributed by atoms with Crippen LogP contribution in [0, 0.1) is 5.92 Å². The summed E-state index contributed by atoms with van der Waals surface area (Å²) in [4.78, 5) is 16.6. The van der Waals surface area contributed by atoms with Gasteiger partial charge in [-0.25, -0.2) is 13.4 Å². The molecule has 9 heteroatoms. The van der Waals surface area contributed by atoms with Gasteiger partial charge in [-0.1, -0.05) is 6.42 Å². The Bertz CT molecular complexity index is 996. The summed E-state index contributed by atoms with van der Waals surface area (Å²) in [5.74, 6) is 1.26. The molecule has 1 saturated carbocycles. The molecule has 1 saturated heterocycles. The van der Waals surface area contributed by atoms with Crippen molar-refractivity contribution >= 4 is 21.6 Å². The number of nitrogens with zero attached hydrogens (tertiary/aromatic N) is 2. The van der Waals surface area contributed by atoms with Gasteiger partial charge in [-0.3, -0.25) is 4.79 Å². The topological polar surface area (TPSA) is 97.8 Å². The molecule has 1 aliphatic heterocycles. The number of carbonyl (C=O) groups excluding carboxylic acids is 1. The first-order valence-corrected chi connectivity index (χ1v) is 12.0. The lowest BCUT2D eigenvalue weighted by molar-refractivity contribution is -0.122. The third-order valence-corrected chi connectivity index (χ3v) is 7.78. The third-order valence-electron chi connectivity index (χ3n) is 5.87. The van der Waals surface area contributed by atoms with Gasteiger partial charge in [-0.05, 0) is 56.0 Å². The second-order valence-electron chi connectivity index (χ2n) is 7.90. The second kappa shape index (κ2) is 9.23. The molecule has 1 aliphatic carbocycles. The SMILES string of the molecule is COc1ccc(S(=O)(=O)N2CCC(Oc3ccc(NC(=O)C4CCC4)cn3)CC2)cc1.